The molecule has 1 aliphatic carbocycles. The normalized spacial score (nSPS) is 18.9. The Labute approximate surface area is 167 Å². The molecule has 1 saturated carbocycles. The van der Waals surface area contributed by atoms with Crippen molar-refractivity contribution in [1.82, 2.24) is 4.90 Å². The van der Waals surface area contributed by atoms with Crippen molar-refractivity contribution in [3.05, 3.63) is 12.1 Å². The average molecular weight is 392 g/mol. The van der Waals surface area contributed by atoms with Crippen LogP contribution in [-0.4, -0.2) is 51.1 Å². The minimum atomic E-state index is -0.0974. The highest BCUT2D eigenvalue weighted by molar-refractivity contribution is 5.93. The van der Waals surface area contributed by atoms with Gasteiger partial charge in [-0.05, 0) is 39.5 Å². The Bertz CT molecular complexity index is 654. The Balaban J connectivity index is 2.00. The number of ether oxygens (including phenoxy) is 3. The van der Waals surface area contributed by atoms with Crippen molar-refractivity contribution in [2.45, 2.75) is 39.5 Å². The highest BCUT2D eigenvalue weighted by atomic mass is 16.5. The van der Waals surface area contributed by atoms with Gasteiger partial charge in [-0.3, -0.25) is 9.59 Å². The summed E-state index contributed by atoms with van der Waals surface area (Å²) >= 11 is 0. The van der Waals surface area contributed by atoms with Crippen LogP contribution in [0, 0.1) is 11.8 Å². The second kappa shape index (κ2) is 10.2. The van der Waals surface area contributed by atoms with Crippen LogP contribution in [0.15, 0.2) is 12.1 Å². The molecule has 2 rings (SSSR count). The summed E-state index contributed by atoms with van der Waals surface area (Å²) < 4.78 is 16.0. The highest BCUT2D eigenvalue weighted by Gasteiger charge is 2.31. The van der Waals surface area contributed by atoms with Crippen LogP contribution >= 0.6 is 0 Å². The van der Waals surface area contributed by atoms with Gasteiger partial charge in [0.2, 0.25) is 17.6 Å². The van der Waals surface area contributed by atoms with Gasteiger partial charge in [0.25, 0.3) is 0 Å². The van der Waals surface area contributed by atoms with Gasteiger partial charge in [-0.25, -0.2) is 0 Å². The number of hydrogen-bond donors (Lipinski definition) is 1. The van der Waals surface area contributed by atoms with Gasteiger partial charge >= 0.3 is 0 Å². The van der Waals surface area contributed by atoms with Gasteiger partial charge in [0.05, 0.1) is 21.3 Å². The molecule has 0 heterocycles. The summed E-state index contributed by atoms with van der Waals surface area (Å²) in [6.07, 6.45) is 2.94. The molecule has 156 valence electrons. The maximum atomic E-state index is 12.7. The summed E-state index contributed by atoms with van der Waals surface area (Å²) in [7, 11) is 4.62. The first kappa shape index (κ1) is 21.9. The molecule has 1 aromatic carbocycles. The molecule has 1 aromatic rings. The van der Waals surface area contributed by atoms with Gasteiger partial charge in [0.1, 0.15) is 0 Å². The number of carbonyl (C=O) groups excluding carboxylic acids is 2. The zero-order valence-corrected chi connectivity index (χ0v) is 17.5. The lowest BCUT2D eigenvalue weighted by Crippen LogP contribution is -2.38. The van der Waals surface area contributed by atoms with E-state index in [2.05, 4.69) is 5.32 Å². The van der Waals surface area contributed by atoms with E-state index < -0.39 is 0 Å². The maximum absolute atomic E-state index is 12.7. The predicted octanol–water partition coefficient (Wildman–Crippen LogP) is 3.33. The Morgan fingerprint density at radius 3 is 1.86 bits per heavy atom. The molecule has 0 saturated heterocycles. The summed E-state index contributed by atoms with van der Waals surface area (Å²) in [6, 6.07) is 3.43. The Kier molecular flexibility index (Phi) is 7.96. The Morgan fingerprint density at radius 1 is 0.929 bits per heavy atom. The van der Waals surface area contributed by atoms with Crippen LogP contribution in [0.2, 0.25) is 0 Å². The monoisotopic (exact) mass is 392 g/mol. The van der Waals surface area contributed by atoms with Crippen molar-refractivity contribution in [3.63, 3.8) is 0 Å². The highest BCUT2D eigenvalue weighted by Crippen LogP contribution is 2.40. The molecular weight excluding hydrogens is 360 g/mol. The Morgan fingerprint density at radius 2 is 1.43 bits per heavy atom. The van der Waals surface area contributed by atoms with Gasteiger partial charge in [-0.2, -0.15) is 0 Å². The maximum Gasteiger partial charge on any atom is 0.227 e. The molecule has 7 nitrogen and oxygen atoms in total. The molecule has 7 heteroatoms. The number of nitrogens with zero attached hydrogens (tertiary/aromatic N) is 1. The fourth-order valence-electron chi connectivity index (χ4n) is 3.79. The lowest BCUT2D eigenvalue weighted by molar-refractivity contribution is -0.137. The average Bonchev–Trinajstić information content (AvgIpc) is 2.73. The second-order valence-electron chi connectivity index (χ2n) is 6.96. The van der Waals surface area contributed by atoms with E-state index in [4.69, 9.17) is 14.2 Å². The molecule has 0 unspecified atom stereocenters. The van der Waals surface area contributed by atoms with E-state index in [1.54, 1.807) is 12.1 Å². The van der Waals surface area contributed by atoms with Crippen LogP contribution in [0.5, 0.6) is 17.2 Å². The first-order chi connectivity index (χ1) is 13.5. The molecule has 0 atom stereocenters. The molecule has 0 radical (unpaired) electrons. The van der Waals surface area contributed by atoms with Crippen molar-refractivity contribution in [2.75, 3.05) is 39.7 Å². The molecule has 1 fully saturated rings. The third kappa shape index (κ3) is 4.88. The van der Waals surface area contributed by atoms with Gasteiger partial charge in [0.15, 0.2) is 11.5 Å². The van der Waals surface area contributed by atoms with Crippen molar-refractivity contribution in [2.24, 2.45) is 11.8 Å². The summed E-state index contributed by atoms with van der Waals surface area (Å²) in [4.78, 5) is 27.1. The molecule has 0 aromatic heterocycles. The predicted molar refractivity (Wildman–Crippen MR) is 108 cm³/mol. The minimum absolute atomic E-state index is 0.0325. The number of anilines is 1. The quantitative estimate of drug-likeness (QED) is 0.734. The number of hydrogen-bond acceptors (Lipinski definition) is 5. The van der Waals surface area contributed by atoms with Crippen LogP contribution in [-0.2, 0) is 9.59 Å². The van der Waals surface area contributed by atoms with Gasteiger partial charge in [-0.1, -0.05) is 0 Å². The first-order valence-electron chi connectivity index (χ1n) is 9.88. The minimum Gasteiger partial charge on any atom is -0.493 e. The van der Waals surface area contributed by atoms with E-state index in [1.807, 2.05) is 18.7 Å². The standard InChI is InChI=1S/C21H32N2O5/c1-6-23(7-2)21(25)15-10-8-14(9-11-15)20(24)22-16-12-17(26-3)19(28-5)18(13-16)27-4/h12-15H,6-11H2,1-5H3,(H,22,24). The Hall–Kier alpha value is -2.44. The third-order valence-electron chi connectivity index (χ3n) is 5.45. The van der Waals surface area contributed by atoms with E-state index in [-0.39, 0.29) is 23.7 Å². The molecular formula is C21H32N2O5. The smallest absolute Gasteiger partial charge is 0.227 e. The largest absolute Gasteiger partial charge is 0.493 e. The summed E-state index contributed by atoms with van der Waals surface area (Å²) in [5.74, 6) is 1.58. The number of rotatable bonds is 8. The van der Waals surface area contributed by atoms with Crippen molar-refractivity contribution in [1.29, 1.82) is 0 Å². The lowest BCUT2D eigenvalue weighted by atomic mass is 9.81. The van der Waals surface area contributed by atoms with Crippen molar-refractivity contribution in [3.8, 4) is 17.2 Å². The number of methoxy groups -OCH3 is 3. The van der Waals surface area contributed by atoms with Gasteiger partial charge in [0, 0.05) is 42.7 Å². The lowest BCUT2D eigenvalue weighted by Gasteiger charge is -2.30. The molecule has 2 amide bonds. The molecule has 28 heavy (non-hydrogen) atoms. The fourth-order valence-corrected chi connectivity index (χ4v) is 3.79. The van der Waals surface area contributed by atoms with Crippen LogP contribution in [0.3, 0.4) is 0 Å². The van der Waals surface area contributed by atoms with Crippen LogP contribution in [0.1, 0.15) is 39.5 Å². The van der Waals surface area contributed by atoms with Crippen molar-refractivity contribution < 1.29 is 23.8 Å². The van der Waals surface area contributed by atoms with E-state index in [0.29, 0.717) is 35.8 Å². The molecule has 1 aliphatic rings. The second-order valence-corrected chi connectivity index (χ2v) is 6.96. The summed E-state index contributed by atoms with van der Waals surface area (Å²) in [5, 5.41) is 2.95. The van der Waals surface area contributed by atoms with E-state index in [0.717, 1.165) is 25.9 Å². The van der Waals surface area contributed by atoms with Gasteiger partial charge < -0.3 is 24.4 Å². The topological polar surface area (TPSA) is 77.1 Å². The zero-order chi connectivity index (χ0) is 20.7. The molecule has 1 N–H and O–H groups in total. The van der Waals surface area contributed by atoms with Crippen LogP contribution < -0.4 is 19.5 Å². The SMILES string of the molecule is CCN(CC)C(=O)C1CCC(C(=O)Nc2cc(OC)c(OC)c(OC)c2)CC1. The summed E-state index contributed by atoms with van der Waals surface area (Å²) in [6.45, 7) is 5.46. The van der Waals surface area contributed by atoms with E-state index >= 15 is 0 Å². The van der Waals surface area contributed by atoms with Crippen LogP contribution in [0.25, 0.3) is 0 Å². The van der Waals surface area contributed by atoms with Crippen molar-refractivity contribution >= 4 is 17.5 Å². The number of benzene rings is 1. The third-order valence-corrected chi connectivity index (χ3v) is 5.45. The number of nitrogens with one attached hydrogen (secondary N) is 1. The molecule has 0 aliphatic heterocycles. The first-order valence-corrected chi connectivity index (χ1v) is 9.88. The fraction of sp³-hybridized carbons (Fsp3) is 0.619. The van der Waals surface area contributed by atoms with E-state index in [1.165, 1.54) is 21.3 Å². The number of amides is 2. The van der Waals surface area contributed by atoms with Gasteiger partial charge in [-0.15, -0.1) is 0 Å². The van der Waals surface area contributed by atoms with E-state index in [9.17, 15) is 9.59 Å². The summed E-state index contributed by atoms with van der Waals surface area (Å²) in [5.41, 5.74) is 0.598. The zero-order valence-electron chi connectivity index (χ0n) is 17.5. The molecule has 0 spiro atoms. The number of carbonyl (C=O) groups is 2. The van der Waals surface area contributed by atoms with Crippen LogP contribution in [0.4, 0.5) is 5.69 Å². The molecule has 0 bridgehead atoms.